The quantitative estimate of drug-likeness (QED) is 0.781. The van der Waals surface area contributed by atoms with Gasteiger partial charge in [-0.3, -0.25) is 9.59 Å². The van der Waals surface area contributed by atoms with Gasteiger partial charge in [0.15, 0.2) is 11.5 Å². The van der Waals surface area contributed by atoms with Crippen molar-refractivity contribution in [1.29, 1.82) is 0 Å². The second kappa shape index (κ2) is 9.96. The summed E-state index contributed by atoms with van der Waals surface area (Å²) in [5.41, 5.74) is 1.43. The highest BCUT2D eigenvalue weighted by atomic mass is 16.5. The van der Waals surface area contributed by atoms with Gasteiger partial charge in [-0.05, 0) is 43.0 Å². The van der Waals surface area contributed by atoms with Crippen LogP contribution in [-0.4, -0.2) is 50.1 Å². The Labute approximate surface area is 171 Å². The number of likely N-dealkylation sites (tertiary alicyclic amines) is 1. The SMILES string of the molecule is COc1ccc(C(=O)N[C@@H](Cc2ccccc2)C(=O)N2CCCCC2)cc1OC. The molecule has 0 unspecified atom stereocenters. The molecule has 1 N–H and O–H groups in total. The van der Waals surface area contributed by atoms with E-state index < -0.39 is 6.04 Å². The van der Waals surface area contributed by atoms with Gasteiger partial charge in [-0.2, -0.15) is 0 Å². The third-order valence-electron chi connectivity index (χ3n) is 5.20. The zero-order chi connectivity index (χ0) is 20.6. The van der Waals surface area contributed by atoms with Gasteiger partial charge >= 0.3 is 0 Å². The Balaban J connectivity index is 1.79. The molecule has 0 bridgehead atoms. The van der Waals surface area contributed by atoms with E-state index in [1.54, 1.807) is 25.3 Å². The number of rotatable bonds is 7. The van der Waals surface area contributed by atoms with E-state index in [-0.39, 0.29) is 11.8 Å². The zero-order valence-electron chi connectivity index (χ0n) is 17.0. The molecule has 2 amide bonds. The van der Waals surface area contributed by atoms with Crippen molar-refractivity contribution >= 4 is 11.8 Å². The first kappa shape index (κ1) is 20.7. The van der Waals surface area contributed by atoms with Crippen LogP contribution >= 0.6 is 0 Å². The summed E-state index contributed by atoms with van der Waals surface area (Å²) in [6.07, 6.45) is 3.61. The maximum Gasteiger partial charge on any atom is 0.252 e. The van der Waals surface area contributed by atoms with Gasteiger partial charge < -0.3 is 19.7 Å². The molecule has 29 heavy (non-hydrogen) atoms. The van der Waals surface area contributed by atoms with E-state index in [2.05, 4.69) is 5.32 Å². The van der Waals surface area contributed by atoms with E-state index in [9.17, 15) is 9.59 Å². The van der Waals surface area contributed by atoms with Crippen molar-refractivity contribution in [2.75, 3.05) is 27.3 Å². The fourth-order valence-corrected chi connectivity index (χ4v) is 3.60. The first-order valence-corrected chi connectivity index (χ1v) is 9.98. The van der Waals surface area contributed by atoms with Crippen molar-refractivity contribution in [3.05, 3.63) is 59.7 Å². The lowest BCUT2D eigenvalue weighted by atomic mass is 10.0. The average Bonchev–Trinajstić information content (AvgIpc) is 2.78. The molecule has 1 heterocycles. The molecule has 0 radical (unpaired) electrons. The van der Waals surface area contributed by atoms with Crippen molar-refractivity contribution in [2.24, 2.45) is 0 Å². The highest BCUT2D eigenvalue weighted by Gasteiger charge is 2.27. The molecule has 2 aromatic rings. The van der Waals surface area contributed by atoms with E-state index in [4.69, 9.17) is 9.47 Å². The largest absolute Gasteiger partial charge is 0.493 e. The standard InChI is InChI=1S/C23H28N2O4/c1-28-20-12-11-18(16-21(20)29-2)22(26)24-19(15-17-9-5-3-6-10-17)23(27)25-13-7-4-8-14-25/h3,5-6,9-12,16,19H,4,7-8,13-15H2,1-2H3,(H,24,26)/t19-/m0/s1. The number of hydrogen-bond acceptors (Lipinski definition) is 4. The number of carbonyl (C=O) groups excluding carboxylic acids is 2. The minimum atomic E-state index is -0.615. The summed E-state index contributed by atoms with van der Waals surface area (Å²) >= 11 is 0. The smallest absolute Gasteiger partial charge is 0.252 e. The minimum absolute atomic E-state index is 0.0256. The normalized spacial score (nSPS) is 14.8. The zero-order valence-corrected chi connectivity index (χ0v) is 17.0. The van der Waals surface area contributed by atoms with Crippen LogP contribution in [0.3, 0.4) is 0 Å². The molecular weight excluding hydrogens is 368 g/mol. The lowest BCUT2D eigenvalue weighted by molar-refractivity contribution is -0.134. The molecule has 0 saturated carbocycles. The number of nitrogens with zero attached hydrogens (tertiary/aromatic N) is 1. The molecule has 6 nitrogen and oxygen atoms in total. The van der Waals surface area contributed by atoms with Crippen LogP contribution in [0.2, 0.25) is 0 Å². The van der Waals surface area contributed by atoms with E-state index in [1.165, 1.54) is 7.11 Å². The molecule has 1 aliphatic rings. The maximum atomic E-state index is 13.2. The highest BCUT2D eigenvalue weighted by molar-refractivity contribution is 5.98. The lowest BCUT2D eigenvalue weighted by Crippen LogP contribution is -2.51. The van der Waals surface area contributed by atoms with Gasteiger partial charge in [0.1, 0.15) is 6.04 Å². The van der Waals surface area contributed by atoms with Crippen LogP contribution in [0.1, 0.15) is 35.2 Å². The lowest BCUT2D eigenvalue weighted by Gasteiger charge is -2.31. The van der Waals surface area contributed by atoms with E-state index >= 15 is 0 Å². The predicted molar refractivity (Wildman–Crippen MR) is 111 cm³/mol. The van der Waals surface area contributed by atoms with Crippen molar-refractivity contribution in [3.8, 4) is 11.5 Å². The van der Waals surface area contributed by atoms with Crippen LogP contribution in [0.4, 0.5) is 0 Å². The summed E-state index contributed by atoms with van der Waals surface area (Å²) in [7, 11) is 3.07. The summed E-state index contributed by atoms with van der Waals surface area (Å²) < 4.78 is 10.5. The summed E-state index contributed by atoms with van der Waals surface area (Å²) in [4.78, 5) is 27.9. The number of benzene rings is 2. The molecule has 0 aromatic heterocycles. The van der Waals surface area contributed by atoms with Gasteiger partial charge in [-0.1, -0.05) is 30.3 Å². The Bertz CT molecular complexity index is 832. The van der Waals surface area contributed by atoms with Crippen LogP contribution in [-0.2, 0) is 11.2 Å². The second-order valence-electron chi connectivity index (χ2n) is 7.17. The molecule has 0 aliphatic carbocycles. The maximum absolute atomic E-state index is 13.2. The molecule has 6 heteroatoms. The number of carbonyl (C=O) groups is 2. The van der Waals surface area contributed by atoms with Crippen molar-refractivity contribution in [3.63, 3.8) is 0 Å². The number of nitrogens with one attached hydrogen (secondary N) is 1. The summed E-state index contributed by atoms with van der Waals surface area (Å²) in [5.74, 6) is 0.691. The van der Waals surface area contributed by atoms with Crippen molar-refractivity contribution in [2.45, 2.75) is 31.7 Å². The molecule has 154 valence electrons. The summed E-state index contributed by atoms with van der Waals surface area (Å²) in [5, 5.41) is 2.94. The van der Waals surface area contributed by atoms with Crippen LogP contribution in [0, 0.1) is 0 Å². The molecule has 3 rings (SSSR count). The third kappa shape index (κ3) is 5.28. The van der Waals surface area contributed by atoms with E-state index in [1.807, 2.05) is 35.2 Å². The molecular formula is C23H28N2O4. The van der Waals surface area contributed by atoms with Gasteiger partial charge in [-0.15, -0.1) is 0 Å². The first-order chi connectivity index (χ1) is 14.1. The van der Waals surface area contributed by atoms with Gasteiger partial charge in [0, 0.05) is 25.1 Å². The van der Waals surface area contributed by atoms with Crippen molar-refractivity contribution in [1.82, 2.24) is 10.2 Å². The molecule has 1 aliphatic heterocycles. The van der Waals surface area contributed by atoms with Crippen LogP contribution in [0.5, 0.6) is 11.5 Å². The third-order valence-corrected chi connectivity index (χ3v) is 5.20. The van der Waals surface area contributed by atoms with Gasteiger partial charge in [0.05, 0.1) is 14.2 Å². The van der Waals surface area contributed by atoms with Crippen LogP contribution < -0.4 is 14.8 Å². The minimum Gasteiger partial charge on any atom is -0.493 e. The Morgan fingerprint density at radius 1 is 0.966 bits per heavy atom. The van der Waals surface area contributed by atoms with Crippen LogP contribution in [0.25, 0.3) is 0 Å². The summed E-state index contributed by atoms with van der Waals surface area (Å²) in [6, 6.07) is 14.1. The number of piperidine rings is 1. The summed E-state index contributed by atoms with van der Waals surface area (Å²) in [6.45, 7) is 1.49. The van der Waals surface area contributed by atoms with Gasteiger partial charge in [0.2, 0.25) is 5.91 Å². The number of hydrogen-bond donors (Lipinski definition) is 1. The Morgan fingerprint density at radius 3 is 2.31 bits per heavy atom. The fourth-order valence-electron chi connectivity index (χ4n) is 3.60. The Kier molecular flexibility index (Phi) is 7.11. The highest BCUT2D eigenvalue weighted by Crippen LogP contribution is 2.27. The molecule has 1 fully saturated rings. The molecule has 1 saturated heterocycles. The Morgan fingerprint density at radius 2 is 1.66 bits per heavy atom. The number of amides is 2. The van der Waals surface area contributed by atoms with E-state index in [0.29, 0.717) is 23.5 Å². The van der Waals surface area contributed by atoms with Gasteiger partial charge in [0.25, 0.3) is 5.91 Å². The number of ether oxygens (including phenoxy) is 2. The topological polar surface area (TPSA) is 67.9 Å². The Hall–Kier alpha value is -3.02. The molecule has 2 aromatic carbocycles. The fraction of sp³-hybridized carbons (Fsp3) is 0.391. The first-order valence-electron chi connectivity index (χ1n) is 9.98. The van der Waals surface area contributed by atoms with E-state index in [0.717, 1.165) is 37.9 Å². The predicted octanol–water partition coefficient (Wildman–Crippen LogP) is 3.06. The molecule has 0 spiro atoms. The molecule has 1 atom stereocenters. The number of methoxy groups -OCH3 is 2. The van der Waals surface area contributed by atoms with Gasteiger partial charge in [-0.25, -0.2) is 0 Å². The average molecular weight is 396 g/mol. The van der Waals surface area contributed by atoms with Crippen molar-refractivity contribution < 1.29 is 19.1 Å². The van der Waals surface area contributed by atoms with Crippen LogP contribution in [0.15, 0.2) is 48.5 Å². The monoisotopic (exact) mass is 396 g/mol. The second-order valence-corrected chi connectivity index (χ2v) is 7.17.